The fourth-order valence-electron chi connectivity index (χ4n) is 8.79. The van der Waals surface area contributed by atoms with E-state index in [4.69, 9.17) is 33.7 Å². The molecule has 23 heteroatoms. The van der Waals surface area contributed by atoms with Crippen molar-refractivity contribution in [1.29, 1.82) is 0 Å². The van der Waals surface area contributed by atoms with E-state index in [1.165, 1.54) is 46.7 Å². The van der Waals surface area contributed by atoms with Gasteiger partial charge in [0.1, 0.15) is 52.9 Å². The average molecular weight is 1160 g/mol. The Balaban J connectivity index is 0.000000218. The number of amides is 4. The number of hydrogen-bond acceptors (Lipinski definition) is 18. The molecule has 4 N–H and O–H groups in total. The van der Waals surface area contributed by atoms with Crippen LogP contribution in [0.4, 0.5) is 9.59 Å². The molecule has 21 nitrogen and oxygen atoms in total. The van der Waals surface area contributed by atoms with E-state index in [0.717, 1.165) is 26.3 Å². The van der Waals surface area contributed by atoms with Crippen LogP contribution in [0.3, 0.4) is 0 Å². The van der Waals surface area contributed by atoms with Crippen molar-refractivity contribution in [3.05, 3.63) is 93.9 Å². The number of ether oxygens (including phenoxy) is 5. The summed E-state index contributed by atoms with van der Waals surface area (Å²) in [6.07, 6.45) is -2.49. The third-order valence-electron chi connectivity index (χ3n) is 12.5. The number of hydrogen-bond donors (Lipinski definition) is 4. The number of aromatic nitrogens is 4. The molecule has 0 saturated carbocycles. The van der Waals surface area contributed by atoms with E-state index >= 15 is 0 Å². The van der Waals surface area contributed by atoms with Gasteiger partial charge in [0.15, 0.2) is 0 Å². The maximum Gasteiger partial charge on any atom is 0.408 e. The summed E-state index contributed by atoms with van der Waals surface area (Å²) in [6.45, 7) is 21.4. The van der Waals surface area contributed by atoms with E-state index in [2.05, 4.69) is 20.6 Å². The quantitative estimate of drug-likeness (QED) is 0.0739. The lowest BCUT2D eigenvalue weighted by molar-refractivity contribution is -0.152. The number of alkyl carbamates (subject to hydrolysis) is 2. The lowest BCUT2D eigenvalue weighted by Gasteiger charge is -2.35. The first kappa shape index (κ1) is 62.7. The molecule has 0 radical (unpaired) electrons. The van der Waals surface area contributed by atoms with Gasteiger partial charge in [-0.25, -0.2) is 34.1 Å². The second-order valence-corrected chi connectivity index (χ2v) is 25.5. The number of benzene rings is 2. The zero-order valence-corrected chi connectivity index (χ0v) is 49.9. The van der Waals surface area contributed by atoms with Gasteiger partial charge in [0.2, 0.25) is 17.7 Å². The Kier molecular flexibility index (Phi) is 20.1. The number of likely N-dealkylation sites (tertiary alicyclic amines) is 2. The van der Waals surface area contributed by atoms with Gasteiger partial charge in [-0.05, 0) is 99.5 Å². The monoisotopic (exact) mass is 1150 g/mol. The molecule has 2 aliphatic heterocycles. The summed E-state index contributed by atoms with van der Waals surface area (Å²) >= 11 is 3.03. The van der Waals surface area contributed by atoms with E-state index in [-0.39, 0.29) is 31.5 Å². The van der Waals surface area contributed by atoms with Gasteiger partial charge >= 0.3 is 24.1 Å². The van der Waals surface area contributed by atoms with Crippen LogP contribution in [0.15, 0.2) is 88.4 Å². The number of para-hydroxylation sites is 4. The fourth-order valence-corrected chi connectivity index (χ4v) is 10.2. The Morgan fingerprint density at radius 3 is 1.52 bits per heavy atom. The number of aliphatic hydroxyl groups is 1. The number of H-pyrrole nitrogens is 1. The van der Waals surface area contributed by atoms with Gasteiger partial charge in [0.25, 0.3) is 5.56 Å². The minimum absolute atomic E-state index is 0.0151. The second-order valence-electron chi connectivity index (χ2n) is 23.6. The zero-order valence-electron chi connectivity index (χ0n) is 48.3. The third kappa shape index (κ3) is 16.8. The molecular formula is C58H74N8O13S2. The van der Waals surface area contributed by atoms with Crippen molar-refractivity contribution in [2.75, 3.05) is 27.3 Å². The molecule has 2 aromatic carbocycles. The summed E-state index contributed by atoms with van der Waals surface area (Å²) in [4.78, 5) is 109. The highest BCUT2D eigenvalue weighted by atomic mass is 32.1. The molecule has 8 rings (SSSR count). The summed E-state index contributed by atoms with van der Waals surface area (Å²) in [5.74, 6) is -1.71. The van der Waals surface area contributed by atoms with Crippen LogP contribution in [-0.2, 0) is 38.1 Å². The summed E-state index contributed by atoms with van der Waals surface area (Å²) in [5, 5.41) is 19.1. The number of β-amino-alcohol motifs (C(OH)–C–C–N with tert-alkyl or cyclic N) is 1. The third-order valence-corrected chi connectivity index (χ3v) is 14.3. The molecule has 6 atom stereocenters. The van der Waals surface area contributed by atoms with E-state index < -0.39 is 94.3 Å². The Hall–Kier alpha value is -7.50. The van der Waals surface area contributed by atoms with Gasteiger partial charge in [-0.1, -0.05) is 77.9 Å². The molecule has 2 fully saturated rings. The van der Waals surface area contributed by atoms with Crippen LogP contribution in [0.2, 0.25) is 0 Å². The zero-order chi connectivity index (χ0) is 59.8. The number of carbonyl (C=O) groups is 6. The average Bonchev–Trinajstić information content (AvgIpc) is 4.31. The van der Waals surface area contributed by atoms with Gasteiger partial charge in [0.05, 0.1) is 58.7 Å². The Labute approximate surface area is 479 Å². The molecule has 0 aliphatic carbocycles. The molecule has 0 unspecified atom stereocenters. The predicted molar refractivity (Wildman–Crippen MR) is 308 cm³/mol. The highest BCUT2D eigenvalue weighted by Crippen LogP contribution is 2.35. The number of carbonyl (C=O) groups excluding carboxylic acids is 6. The van der Waals surface area contributed by atoms with Gasteiger partial charge in [-0.2, -0.15) is 0 Å². The lowest BCUT2D eigenvalue weighted by Crippen LogP contribution is -2.57. The van der Waals surface area contributed by atoms with Crippen molar-refractivity contribution >= 4 is 80.7 Å². The molecule has 2 aliphatic rings. The van der Waals surface area contributed by atoms with Gasteiger partial charge in [0, 0.05) is 19.4 Å². The van der Waals surface area contributed by atoms with Crippen molar-refractivity contribution in [1.82, 2.24) is 40.4 Å². The standard InChI is InChI=1S/C29H36N4O6S.C17H30N2O6.C12H8N2OS/c1-28(2,3)23(32-27(36)39-29(4,5)6)25(34)33-16-17(15-20(33)26(35)37-7)38-24-22(21-13-10-14-40-21)30-18-11-8-9-12-19(18)31-24;1-16(2,3)12(18-15(23)25-17(4,5)6)13(21)19-9-10(20)8-11(19)14(22)24-7;15-12-11(10-6-3-7-16-10)13-8-4-1-2-5-9(8)14-12/h8-14,17,20,23H,15-16H2,1-7H3,(H,32,36);10-12,20H,8-9H2,1-7H3,(H,18,23);1-7H,(H,14,15)/t17-,20+,23-;10-,11-,12+;/m10./s1. The van der Waals surface area contributed by atoms with E-state index in [0.29, 0.717) is 22.8 Å². The van der Waals surface area contributed by atoms with Crippen molar-refractivity contribution in [3.63, 3.8) is 0 Å². The number of nitrogens with zero attached hydrogens (tertiary/aromatic N) is 5. The fraction of sp³-hybridized carbons (Fsp3) is 0.483. The highest BCUT2D eigenvalue weighted by molar-refractivity contribution is 7.13. The summed E-state index contributed by atoms with van der Waals surface area (Å²) in [6, 6.07) is 19.1. The summed E-state index contributed by atoms with van der Waals surface area (Å²) < 4.78 is 26.8. The molecule has 2 saturated heterocycles. The van der Waals surface area contributed by atoms with Crippen LogP contribution >= 0.6 is 22.7 Å². The summed E-state index contributed by atoms with van der Waals surface area (Å²) in [7, 11) is 2.51. The molecule has 6 heterocycles. The van der Waals surface area contributed by atoms with Crippen LogP contribution in [0, 0.1) is 10.8 Å². The predicted octanol–water partition coefficient (Wildman–Crippen LogP) is 8.53. The van der Waals surface area contributed by atoms with Crippen molar-refractivity contribution < 1.29 is 57.6 Å². The van der Waals surface area contributed by atoms with Gasteiger partial charge in [-0.3, -0.25) is 14.4 Å². The first-order valence-corrected chi connectivity index (χ1v) is 28.1. The molecule has 4 aromatic heterocycles. The minimum atomic E-state index is -0.963. The lowest BCUT2D eigenvalue weighted by atomic mass is 9.85. The number of aliphatic hydroxyl groups excluding tert-OH is 1. The Morgan fingerprint density at radius 1 is 0.605 bits per heavy atom. The molecule has 0 bridgehead atoms. The first-order valence-electron chi connectivity index (χ1n) is 26.3. The molecule has 436 valence electrons. The smallest absolute Gasteiger partial charge is 0.408 e. The SMILES string of the molecule is COC(=O)[C@@H]1C[C@@H](Oc2nc3ccccc3nc2-c2cccs2)CN1C(=O)[C@@H](NC(=O)OC(C)(C)C)C(C)(C)C.COC(=O)[C@@H]1C[C@H](O)CN1C(=O)[C@@H](NC(=O)OC(C)(C)C)C(C)(C)C.O=c1[nH]c2ccccc2nc1-c1cccs1. The molecule has 4 amide bonds. The van der Waals surface area contributed by atoms with Gasteiger partial charge < -0.3 is 54.2 Å². The second kappa shape index (κ2) is 26.0. The van der Waals surface area contributed by atoms with Crippen LogP contribution in [0.25, 0.3) is 43.2 Å². The Morgan fingerprint density at radius 2 is 1.05 bits per heavy atom. The molecular weight excluding hydrogens is 1080 g/mol. The van der Waals surface area contributed by atoms with Crippen molar-refractivity contribution in [2.24, 2.45) is 10.8 Å². The number of nitrogens with one attached hydrogen (secondary N) is 3. The van der Waals surface area contributed by atoms with Crippen molar-refractivity contribution in [2.45, 2.75) is 144 Å². The van der Waals surface area contributed by atoms with E-state index in [9.17, 15) is 38.7 Å². The number of thiophene rings is 2. The number of methoxy groups -OCH3 is 2. The normalized spacial score (nSPS) is 18.1. The largest absolute Gasteiger partial charge is 0.471 e. The molecule has 81 heavy (non-hydrogen) atoms. The maximum atomic E-state index is 13.9. The molecule has 6 aromatic rings. The number of esters is 2. The molecule has 0 spiro atoms. The topological polar surface area (TPSA) is 271 Å². The van der Waals surface area contributed by atoms with Crippen LogP contribution < -0.4 is 20.9 Å². The van der Waals surface area contributed by atoms with E-state index in [1.54, 1.807) is 62.3 Å². The Bertz CT molecular complexity index is 3230. The van der Waals surface area contributed by atoms with E-state index in [1.807, 2.05) is 104 Å². The highest BCUT2D eigenvalue weighted by Gasteiger charge is 2.48. The summed E-state index contributed by atoms with van der Waals surface area (Å²) in [5.41, 5.74) is 1.19. The number of fused-ring (bicyclic) bond motifs is 2. The van der Waals surface area contributed by atoms with Crippen molar-refractivity contribution in [3.8, 4) is 27.0 Å². The minimum Gasteiger partial charge on any atom is -0.471 e. The number of rotatable bonds is 10. The number of aromatic amines is 1. The maximum absolute atomic E-state index is 13.9. The van der Waals surface area contributed by atoms with Crippen LogP contribution in [0.5, 0.6) is 5.88 Å². The van der Waals surface area contributed by atoms with Crippen LogP contribution in [-0.4, -0.2) is 146 Å². The van der Waals surface area contributed by atoms with Gasteiger partial charge in [-0.15, -0.1) is 22.7 Å². The first-order chi connectivity index (χ1) is 37.9. The van der Waals surface area contributed by atoms with Crippen LogP contribution in [0.1, 0.15) is 95.9 Å².